The van der Waals surface area contributed by atoms with Crippen LogP contribution in [0.25, 0.3) is 0 Å². The van der Waals surface area contributed by atoms with Gasteiger partial charge in [-0.3, -0.25) is 4.99 Å². The third-order valence-electron chi connectivity index (χ3n) is 3.61. The van der Waals surface area contributed by atoms with Crippen molar-refractivity contribution in [2.45, 2.75) is 32.8 Å². The van der Waals surface area contributed by atoms with E-state index in [-0.39, 0.29) is 30.1 Å². The summed E-state index contributed by atoms with van der Waals surface area (Å²) in [5, 5.41) is 8.37. The number of nitrogens with zero attached hydrogens (tertiary/aromatic N) is 2. The van der Waals surface area contributed by atoms with Gasteiger partial charge in [-0.05, 0) is 25.5 Å². The summed E-state index contributed by atoms with van der Waals surface area (Å²) in [6, 6.07) is 7.53. The maximum Gasteiger partial charge on any atom is 0.191 e. The normalized spacial score (nSPS) is 12.2. The summed E-state index contributed by atoms with van der Waals surface area (Å²) in [7, 11) is 1.76. The van der Waals surface area contributed by atoms with Gasteiger partial charge in [0.05, 0.1) is 16.6 Å². The number of benzene rings is 1. The first-order valence-corrected chi connectivity index (χ1v) is 9.58. The first kappa shape index (κ1) is 23.0. The second kappa shape index (κ2) is 12.3. The predicted octanol–water partition coefficient (Wildman–Crippen LogP) is 4.29. The number of aliphatic imine (C=N–C) groups is 1. The number of para-hydroxylation sites is 1. The molecule has 1 unspecified atom stereocenters. The van der Waals surface area contributed by atoms with E-state index in [0.29, 0.717) is 17.3 Å². The van der Waals surface area contributed by atoms with E-state index in [1.165, 1.54) is 4.88 Å². The van der Waals surface area contributed by atoms with E-state index in [0.717, 1.165) is 30.4 Å². The number of halogens is 2. The fourth-order valence-electron chi connectivity index (χ4n) is 2.23. The van der Waals surface area contributed by atoms with Crippen LogP contribution in [-0.4, -0.2) is 37.2 Å². The topological polar surface area (TPSA) is 58.5 Å². The van der Waals surface area contributed by atoms with Crippen molar-refractivity contribution in [1.29, 1.82) is 0 Å². The Balaban J connectivity index is 0.00000338. The number of guanidine groups is 1. The van der Waals surface area contributed by atoms with Crippen molar-refractivity contribution in [3.05, 3.63) is 45.4 Å². The average Bonchev–Trinajstić information content (AvgIpc) is 3.03. The zero-order valence-electron chi connectivity index (χ0n) is 15.3. The lowest BCUT2D eigenvalue weighted by atomic mass is 10.2. The van der Waals surface area contributed by atoms with E-state index in [4.69, 9.17) is 16.3 Å². The van der Waals surface area contributed by atoms with Crippen molar-refractivity contribution >= 4 is 52.9 Å². The molecule has 2 rings (SSSR count). The van der Waals surface area contributed by atoms with Crippen LogP contribution in [0.1, 0.15) is 23.2 Å². The molecule has 0 saturated carbocycles. The molecule has 0 amide bonds. The van der Waals surface area contributed by atoms with Crippen molar-refractivity contribution < 1.29 is 4.74 Å². The van der Waals surface area contributed by atoms with E-state index in [9.17, 15) is 0 Å². The third-order valence-corrected chi connectivity index (χ3v) is 4.89. The molecule has 8 heteroatoms. The Hall–Kier alpha value is -1.06. The van der Waals surface area contributed by atoms with Crippen LogP contribution >= 0.6 is 46.9 Å². The Labute approximate surface area is 181 Å². The highest BCUT2D eigenvalue weighted by molar-refractivity contribution is 14.0. The van der Waals surface area contributed by atoms with Crippen LogP contribution < -0.4 is 15.4 Å². The largest absolute Gasteiger partial charge is 0.487 e. The van der Waals surface area contributed by atoms with Crippen molar-refractivity contribution in [3.63, 3.8) is 0 Å². The number of hydrogen-bond acceptors (Lipinski definition) is 4. The average molecular weight is 509 g/mol. The zero-order valence-corrected chi connectivity index (χ0v) is 19.2. The highest BCUT2D eigenvalue weighted by atomic mass is 127. The molecule has 0 spiro atoms. The Bertz CT molecular complexity index is 695. The van der Waals surface area contributed by atoms with Gasteiger partial charge in [-0.2, -0.15) is 0 Å². The third kappa shape index (κ3) is 7.67. The molecule has 1 aromatic carbocycles. The number of thiazole rings is 1. The highest BCUT2D eigenvalue weighted by Gasteiger charge is 2.11. The second-order valence-electron chi connectivity index (χ2n) is 5.57. The Kier molecular flexibility index (Phi) is 10.9. The molecule has 1 aromatic heterocycles. The molecule has 26 heavy (non-hydrogen) atoms. The van der Waals surface area contributed by atoms with E-state index in [1.807, 2.05) is 30.5 Å². The molecule has 5 nitrogen and oxygen atoms in total. The Morgan fingerprint density at radius 2 is 2.12 bits per heavy atom. The zero-order chi connectivity index (χ0) is 18.1. The van der Waals surface area contributed by atoms with Crippen LogP contribution in [0.3, 0.4) is 0 Å². The number of nitrogens with one attached hydrogen (secondary N) is 2. The van der Waals surface area contributed by atoms with Crippen LogP contribution in [0.2, 0.25) is 5.02 Å². The highest BCUT2D eigenvalue weighted by Crippen LogP contribution is 2.24. The van der Waals surface area contributed by atoms with Gasteiger partial charge >= 0.3 is 0 Å². The predicted molar refractivity (Wildman–Crippen MR) is 121 cm³/mol. The van der Waals surface area contributed by atoms with Gasteiger partial charge < -0.3 is 15.4 Å². The van der Waals surface area contributed by atoms with Crippen LogP contribution in [-0.2, 0) is 6.42 Å². The first-order valence-electron chi connectivity index (χ1n) is 8.39. The van der Waals surface area contributed by atoms with E-state index < -0.39 is 0 Å². The lowest BCUT2D eigenvalue weighted by molar-refractivity contribution is 0.199. The Morgan fingerprint density at radius 3 is 2.73 bits per heavy atom. The maximum atomic E-state index is 6.16. The molecule has 0 aliphatic heterocycles. The molecule has 0 aliphatic carbocycles. The summed E-state index contributed by atoms with van der Waals surface area (Å²) >= 11 is 7.88. The molecular formula is C18H26ClIN4OS. The number of aromatic nitrogens is 1. The summed E-state index contributed by atoms with van der Waals surface area (Å²) in [4.78, 5) is 9.85. The smallest absolute Gasteiger partial charge is 0.191 e. The lowest BCUT2D eigenvalue weighted by Crippen LogP contribution is -2.43. The van der Waals surface area contributed by atoms with Gasteiger partial charge in [0.15, 0.2) is 5.96 Å². The van der Waals surface area contributed by atoms with Gasteiger partial charge in [-0.1, -0.05) is 30.7 Å². The monoisotopic (exact) mass is 508 g/mol. The first-order chi connectivity index (χ1) is 12.1. The van der Waals surface area contributed by atoms with Crippen molar-refractivity contribution in [1.82, 2.24) is 15.6 Å². The standard InChI is InChI=1S/C18H25ClN4OS.HI/c1-4-14(24-16-8-6-5-7-15(16)19)12-23-18(20-3)21-10-9-17-22-11-13(2)25-17;/h5-8,11,14H,4,9-10,12H2,1-3H3,(H2,20,21,23);1H. The van der Waals surface area contributed by atoms with Gasteiger partial charge in [-0.25, -0.2) is 4.98 Å². The van der Waals surface area contributed by atoms with Crippen molar-refractivity contribution in [3.8, 4) is 5.75 Å². The number of ether oxygens (including phenoxy) is 1. The summed E-state index contributed by atoms with van der Waals surface area (Å²) in [6.45, 7) is 5.59. The molecule has 1 heterocycles. The van der Waals surface area contributed by atoms with Gasteiger partial charge in [0.1, 0.15) is 11.9 Å². The molecule has 0 aliphatic rings. The number of aryl methyl sites for hydroxylation is 1. The fourth-order valence-corrected chi connectivity index (χ4v) is 3.19. The molecule has 0 radical (unpaired) electrons. The van der Waals surface area contributed by atoms with Crippen LogP contribution in [0.5, 0.6) is 5.75 Å². The molecule has 0 saturated heterocycles. The summed E-state index contributed by atoms with van der Waals surface area (Å²) < 4.78 is 5.98. The number of rotatable bonds is 8. The maximum absolute atomic E-state index is 6.16. The van der Waals surface area contributed by atoms with E-state index >= 15 is 0 Å². The summed E-state index contributed by atoms with van der Waals surface area (Å²) in [6.07, 6.45) is 3.67. The minimum atomic E-state index is 0. The molecule has 2 N–H and O–H groups in total. The van der Waals surface area contributed by atoms with Gasteiger partial charge in [0.25, 0.3) is 0 Å². The molecule has 0 bridgehead atoms. The lowest BCUT2D eigenvalue weighted by Gasteiger charge is -2.20. The minimum absolute atomic E-state index is 0. The van der Waals surface area contributed by atoms with Crippen molar-refractivity contribution in [2.24, 2.45) is 4.99 Å². The fraction of sp³-hybridized carbons (Fsp3) is 0.444. The summed E-state index contributed by atoms with van der Waals surface area (Å²) in [5.41, 5.74) is 0. The van der Waals surface area contributed by atoms with E-state index in [2.05, 4.69) is 34.5 Å². The molecule has 2 aromatic rings. The minimum Gasteiger partial charge on any atom is -0.487 e. The van der Waals surface area contributed by atoms with E-state index in [1.54, 1.807) is 18.4 Å². The van der Waals surface area contributed by atoms with Crippen LogP contribution in [0.15, 0.2) is 35.5 Å². The number of hydrogen-bond donors (Lipinski definition) is 2. The SMILES string of the molecule is CCC(CNC(=NC)NCCc1ncc(C)s1)Oc1ccccc1Cl.I. The molecular weight excluding hydrogens is 483 g/mol. The second-order valence-corrected chi connectivity index (χ2v) is 7.30. The molecule has 0 fully saturated rings. The van der Waals surface area contributed by atoms with Gasteiger partial charge in [-0.15, -0.1) is 35.3 Å². The quantitative estimate of drug-likeness (QED) is 0.317. The van der Waals surface area contributed by atoms with Gasteiger partial charge in [0, 0.05) is 31.1 Å². The Morgan fingerprint density at radius 1 is 1.35 bits per heavy atom. The molecule has 1 atom stereocenters. The van der Waals surface area contributed by atoms with Crippen LogP contribution in [0, 0.1) is 6.92 Å². The summed E-state index contributed by atoms with van der Waals surface area (Å²) in [5.74, 6) is 1.47. The molecule has 144 valence electrons. The van der Waals surface area contributed by atoms with Crippen molar-refractivity contribution in [2.75, 3.05) is 20.1 Å². The van der Waals surface area contributed by atoms with Crippen LogP contribution in [0.4, 0.5) is 0 Å². The van der Waals surface area contributed by atoms with Gasteiger partial charge in [0.2, 0.25) is 0 Å².